The van der Waals surface area contributed by atoms with Crippen molar-refractivity contribution < 1.29 is 0 Å². The van der Waals surface area contributed by atoms with E-state index in [0.29, 0.717) is 0 Å². The predicted octanol–water partition coefficient (Wildman–Crippen LogP) is 2.90. The highest BCUT2D eigenvalue weighted by molar-refractivity contribution is 5.14. The third-order valence-corrected chi connectivity index (χ3v) is 3.66. The highest BCUT2D eigenvalue weighted by atomic mass is 15.2. The molecule has 1 unspecified atom stereocenters. The summed E-state index contributed by atoms with van der Waals surface area (Å²) in [6.07, 6.45) is 2.69. The summed E-state index contributed by atoms with van der Waals surface area (Å²) in [6, 6.07) is 11.6. The van der Waals surface area contributed by atoms with Gasteiger partial charge in [-0.2, -0.15) is 0 Å². The van der Waals surface area contributed by atoms with E-state index in [0.717, 1.165) is 31.6 Å². The van der Waals surface area contributed by atoms with E-state index in [1.54, 1.807) is 0 Å². The molecule has 1 fully saturated rings. The molecule has 0 bridgehead atoms. The van der Waals surface area contributed by atoms with E-state index in [4.69, 9.17) is 0 Å². The number of hydrogen-bond acceptors (Lipinski definition) is 2. The molecule has 100 valence electrons. The molecule has 0 saturated carbocycles. The Labute approximate surface area is 111 Å². The van der Waals surface area contributed by atoms with E-state index in [9.17, 15) is 0 Å². The first-order valence-corrected chi connectivity index (χ1v) is 7.24. The van der Waals surface area contributed by atoms with E-state index in [1.807, 2.05) is 0 Å². The van der Waals surface area contributed by atoms with E-state index >= 15 is 0 Å². The van der Waals surface area contributed by atoms with Gasteiger partial charge in [-0.3, -0.25) is 4.90 Å². The number of hydrogen-bond donors (Lipinski definition) is 1. The van der Waals surface area contributed by atoms with Crippen LogP contribution in [0.1, 0.15) is 32.3 Å². The zero-order valence-corrected chi connectivity index (χ0v) is 11.7. The zero-order chi connectivity index (χ0) is 12.8. The van der Waals surface area contributed by atoms with E-state index < -0.39 is 0 Å². The summed E-state index contributed by atoms with van der Waals surface area (Å²) in [6.45, 7) is 9.17. The number of rotatable bonds is 6. The number of nitrogens with one attached hydrogen (secondary N) is 1. The fourth-order valence-electron chi connectivity index (χ4n) is 2.69. The predicted molar refractivity (Wildman–Crippen MR) is 77.6 cm³/mol. The van der Waals surface area contributed by atoms with Crippen molar-refractivity contribution in [3.05, 3.63) is 35.9 Å². The third kappa shape index (κ3) is 4.11. The van der Waals surface area contributed by atoms with Crippen LogP contribution in [0.5, 0.6) is 0 Å². The molecule has 1 aromatic carbocycles. The summed E-state index contributed by atoms with van der Waals surface area (Å²) in [7, 11) is 0. The molecule has 0 amide bonds. The molecule has 1 heterocycles. The van der Waals surface area contributed by atoms with Gasteiger partial charge in [0.25, 0.3) is 0 Å². The number of likely N-dealkylation sites (tertiary alicyclic amines) is 1. The van der Waals surface area contributed by atoms with Gasteiger partial charge in [0.15, 0.2) is 0 Å². The molecule has 2 rings (SSSR count). The largest absolute Gasteiger partial charge is 0.315 e. The normalized spacial score (nSPS) is 20.7. The lowest BCUT2D eigenvalue weighted by atomic mass is 10.1. The van der Waals surface area contributed by atoms with Gasteiger partial charge < -0.3 is 5.32 Å². The summed E-state index contributed by atoms with van der Waals surface area (Å²) in [5, 5.41) is 3.60. The number of nitrogens with zero attached hydrogens (tertiary/aromatic N) is 1. The van der Waals surface area contributed by atoms with Gasteiger partial charge in [-0.15, -0.1) is 0 Å². The molecule has 1 saturated heterocycles. The Morgan fingerprint density at radius 2 is 2.06 bits per heavy atom. The van der Waals surface area contributed by atoms with Crippen LogP contribution in [-0.4, -0.2) is 30.6 Å². The minimum Gasteiger partial charge on any atom is -0.315 e. The lowest BCUT2D eigenvalue weighted by molar-refractivity contribution is 0.237. The van der Waals surface area contributed by atoms with Crippen LogP contribution in [-0.2, 0) is 6.54 Å². The van der Waals surface area contributed by atoms with Gasteiger partial charge in [-0.1, -0.05) is 44.2 Å². The first-order valence-electron chi connectivity index (χ1n) is 7.24. The molecule has 1 aromatic rings. The van der Waals surface area contributed by atoms with Gasteiger partial charge in [0, 0.05) is 19.1 Å². The Bertz CT molecular complexity index is 334. The van der Waals surface area contributed by atoms with Crippen molar-refractivity contribution in [2.24, 2.45) is 5.92 Å². The topological polar surface area (TPSA) is 15.3 Å². The maximum absolute atomic E-state index is 3.60. The molecule has 0 radical (unpaired) electrons. The van der Waals surface area contributed by atoms with Crippen LogP contribution in [0, 0.1) is 5.92 Å². The second-order valence-electron chi connectivity index (χ2n) is 5.80. The first-order chi connectivity index (χ1) is 8.75. The van der Waals surface area contributed by atoms with Crippen molar-refractivity contribution in [3.63, 3.8) is 0 Å². The summed E-state index contributed by atoms with van der Waals surface area (Å²) in [5.41, 5.74) is 1.44. The molecular formula is C16H26N2. The van der Waals surface area contributed by atoms with Gasteiger partial charge in [0.2, 0.25) is 0 Å². The molecule has 1 N–H and O–H groups in total. The van der Waals surface area contributed by atoms with Crippen LogP contribution in [0.3, 0.4) is 0 Å². The molecule has 2 heteroatoms. The summed E-state index contributed by atoms with van der Waals surface area (Å²) >= 11 is 0. The first kappa shape index (κ1) is 13.6. The Morgan fingerprint density at radius 3 is 2.78 bits per heavy atom. The van der Waals surface area contributed by atoms with Gasteiger partial charge in [-0.25, -0.2) is 0 Å². The second kappa shape index (κ2) is 6.91. The van der Waals surface area contributed by atoms with Gasteiger partial charge in [-0.05, 0) is 37.4 Å². The molecule has 0 aromatic heterocycles. The van der Waals surface area contributed by atoms with E-state index in [-0.39, 0.29) is 0 Å². The SMILES string of the molecule is CC(C)CNCC1CCCN1Cc1ccccc1. The molecule has 0 aliphatic carbocycles. The van der Waals surface area contributed by atoms with Crippen LogP contribution < -0.4 is 5.32 Å². The molecular weight excluding hydrogens is 220 g/mol. The summed E-state index contributed by atoms with van der Waals surface area (Å²) in [5.74, 6) is 0.744. The van der Waals surface area contributed by atoms with Crippen molar-refractivity contribution in [1.29, 1.82) is 0 Å². The smallest absolute Gasteiger partial charge is 0.0237 e. The van der Waals surface area contributed by atoms with Crippen LogP contribution in [0.15, 0.2) is 30.3 Å². The minimum absolute atomic E-state index is 0.726. The maximum atomic E-state index is 3.60. The van der Waals surface area contributed by atoms with E-state index in [1.165, 1.54) is 24.9 Å². The monoisotopic (exact) mass is 246 g/mol. The fraction of sp³-hybridized carbons (Fsp3) is 0.625. The third-order valence-electron chi connectivity index (χ3n) is 3.66. The Kier molecular flexibility index (Phi) is 5.21. The van der Waals surface area contributed by atoms with Gasteiger partial charge >= 0.3 is 0 Å². The van der Waals surface area contributed by atoms with Crippen molar-refractivity contribution in [2.75, 3.05) is 19.6 Å². The minimum atomic E-state index is 0.726. The average Bonchev–Trinajstić information content (AvgIpc) is 2.78. The van der Waals surface area contributed by atoms with Crippen molar-refractivity contribution in [1.82, 2.24) is 10.2 Å². The highest BCUT2D eigenvalue weighted by Gasteiger charge is 2.23. The van der Waals surface area contributed by atoms with Crippen LogP contribution >= 0.6 is 0 Å². The number of benzene rings is 1. The molecule has 1 aliphatic heterocycles. The lowest BCUT2D eigenvalue weighted by Gasteiger charge is -2.25. The fourth-order valence-corrected chi connectivity index (χ4v) is 2.69. The van der Waals surface area contributed by atoms with Crippen molar-refractivity contribution in [2.45, 2.75) is 39.3 Å². The van der Waals surface area contributed by atoms with E-state index in [2.05, 4.69) is 54.4 Å². The van der Waals surface area contributed by atoms with Crippen molar-refractivity contribution in [3.8, 4) is 0 Å². The molecule has 1 aliphatic rings. The molecule has 2 nitrogen and oxygen atoms in total. The molecule has 1 atom stereocenters. The average molecular weight is 246 g/mol. The lowest BCUT2D eigenvalue weighted by Crippen LogP contribution is -2.38. The molecule has 0 spiro atoms. The quantitative estimate of drug-likeness (QED) is 0.830. The Hall–Kier alpha value is -0.860. The van der Waals surface area contributed by atoms with Gasteiger partial charge in [0.1, 0.15) is 0 Å². The molecule has 18 heavy (non-hydrogen) atoms. The second-order valence-corrected chi connectivity index (χ2v) is 5.80. The summed E-state index contributed by atoms with van der Waals surface area (Å²) in [4.78, 5) is 2.63. The zero-order valence-electron chi connectivity index (χ0n) is 11.7. The van der Waals surface area contributed by atoms with Crippen molar-refractivity contribution >= 4 is 0 Å². The highest BCUT2D eigenvalue weighted by Crippen LogP contribution is 2.19. The van der Waals surface area contributed by atoms with Crippen LogP contribution in [0.4, 0.5) is 0 Å². The standard InChI is InChI=1S/C16H26N2/c1-14(2)11-17-12-16-9-6-10-18(16)13-15-7-4-3-5-8-15/h3-5,7-8,14,16-17H,6,9-13H2,1-2H3. The Morgan fingerprint density at radius 1 is 1.28 bits per heavy atom. The maximum Gasteiger partial charge on any atom is 0.0237 e. The van der Waals surface area contributed by atoms with Crippen LogP contribution in [0.2, 0.25) is 0 Å². The van der Waals surface area contributed by atoms with Crippen LogP contribution in [0.25, 0.3) is 0 Å². The Balaban J connectivity index is 1.80. The van der Waals surface area contributed by atoms with Gasteiger partial charge in [0.05, 0.1) is 0 Å². The summed E-state index contributed by atoms with van der Waals surface area (Å²) < 4.78 is 0.